The van der Waals surface area contributed by atoms with E-state index in [0.29, 0.717) is 31.9 Å². The number of amides is 1. The minimum absolute atomic E-state index is 0.145. The first-order valence-electron chi connectivity index (χ1n) is 8.45. The summed E-state index contributed by atoms with van der Waals surface area (Å²) in [6, 6.07) is 6.50. The first-order valence-corrected chi connectivity index (χ1v) is 9.89. The average molecular weight is 352 g/mol. The number of ether oxygens (including phenoxy) is 1. The van der Waals surface area contributed by atoms with Crippen molar-refractivity contribution in [1.29, 1.82) is 0 Å². The highest BCUT2D eigenvalue weighted by molar-refractivity contribution is 7.89. The van der Waals surface area contributed by atoms with E-state index >= 15 is 0 Å². The zero-order valence-electron chi connectivity index (χ0n) is 14.0. The van der Waals surface area contributed by atoms with Gasteiger partial charge in [-0.1, -0.05) is 18.9 Å². The van der Waals surface area contributed by atoms with Gasteiger partial charge in [0.1, 0.15) is 5.75 Å². The van der Waals surface area contributed by atoms with Gasteiger partial charge in [-0.15, -0.1) is 0 Å². The molecule has 1 aromatic rings. The maximum atomic E-state index is 12.8. The van der Waals surface area contributed by atoms with Gasteiger partial charge in [0.05, 0.1) is 12.0 Å². The van der Waals surface area contributed by atoms with Gasteiger partial charge in [0, 0.05) is 38.2 Å². The van der Waals surface area contributed by atoms with Gasteiger partial charge in [0.15, 0.2) is 0 Å². The van der Waals surface area contributed by atoms with Crippen LogP contribution in [0.1, 0.15) is 25.7 Å². The summed E-state index contributed by atoms with van der Waals surface area (Å²) < 4.78 is 32.1. The maximum Gasteiger partial charge on any atom is 0.243 e. The van der Waals surface area contributed by atoms with Crippen LogP contribution in [0.25, 0.3) is 0 Å². The Labute approximate surface area is 143 Å². The highest BCUT2D eigenvalue weighted by Gasteiger charge is 2.33. The molecule has 0 unspecified atom stereocenters. The fourth-order valence-corrected chi connectivity index (χ4v) is 4.95. The summed E-state index contributed by atoms with van der Waals surface area (Å²) >= 11 is 0. The van der Waals surface area contributed by atoms with Gasteiger partial charge >= 0.3 is 0 Å². The van der Waals surface area contributed by atoms with E-state index in [1.165, 1.54) is 17.5 Å². The van der Waals surface area contributed by atoms with E-state index in [0.717, 1.165) is 25.7 Å². The Morgan fingerprint density at radius 1 is 1.12 bits per heavy atom. The number of hydrogen-bond donors (Lipinski definition) is 0. The molecule has 3 rings (SSSR count). The molecule has 0 atom stereocenters. The topological polar surface area (TPSA) is 66.9 Å². The molecule has 24 heavy (non-hydrogen) atoms. The highest BCUT2D eigenvalue weighted by atomic mass is 32.2. The predicted molar refractivity (Wildman–Crippen MR) is 90.3 cm³/mol. The molecule has 2 fully saturated rings. The zero-order chi connectivity index (χ0) is 17.2. The number of methoxy groups -OCH3 is 1. The number of hydrogen-bond acceptors (Lipinski definition) is 4. The molecule has 1 saturated carbocycles. The molecule has 7 heteroatoms. The van der Waals surface area contributed by atoms with Crippen LogP contribution in [0.15, 0.2) is 29.2 Å². The molecule has 1 amide bonds. The van der Waals surface area contributed by atoms with Crippen LogP contribution < -0.4 is 4.74 Å². The molecule has 0 N–H and O–H groups in total. The highest BCUT2D eigenvalue weighted by Crippen LogP contribution is 2.27. The van der Waals surface area contributed by atoms with Crippen molar-refractivity contribution in [3.63, 3.8) is 0 Å². The monoisotopic (exact) mass is 352 g/mol. The summed E-state index contributed by atoms with van der Waals surface area (Å²) in [5, 5.41) is 0. The summed E-state index contributed by atoms with van der Waals surface area (Å²) in [4.78, 5) is 14.5. The normalized spacial score (nSPS) is 20.3. The molecule has 132 valence electrons. The molecule has 0 radical (unpaired) electrons. The molecule has 0 spiro atoms. The van der Waals surface area contributed by atoms with Gasteiger partial charge in [-0.25, -0.2) is 8.42 Å². The maximum absolute atomic E-state index is 12.8. The third-order valence-corrected chi connectivity index (χ3v) is 6.83. The van der Waals surface area contributed by atoms with Crippen LogP contribution in [-0.4, -0.2) is 56.8 Å². The van der Waals surface area contributed by atoms with Crippen LogP contribution in [-0.2, 0) is 14.8 Å². The summed E-state index contributed by atoms with van der Waals surface area (Å²) in [5.74, 6) is 0.864. The molecule has 6 nitrogen and oxygen atoms in total. The van der Waals surface area contributed by atoms with Gasteiger partial charge in [-0.3, -0.25) is 4.79 Å². The largest absolute Gasteiger partial charge is 0.497 e. The van der Waals surface area contributed by atoms with Crippen molar-refractivity contribution in [2.75, 3.05) is 33.3 Å². The number of piperazine rings is 1. The molecule has 1 heterocycles. The van der Waals surface area contributed by atoms with Gasteiger partial charge in [-0.05, 0) is 25.0 Å². The number of carbonyl (C=O) groups excluding carboxylic acids is 1. The van der Waals surface area contributed by atoms with Gasteiger partial charge in [0.25, 0.3) is 0 Å². The Morgan fingerprint density at radius 2 is 1.79 bits per heavy atom. The van der Waals surface area contributed by atoms with Gasteiger partial charge in [0.2, 0.25) is 15.9 Å². The van der Waals surface area contributed by atoms with Crippen LogP contribution in [0.2, 0.25) is 0 Å². The quantitative estimate of drug-likeness (QED) is 0.827. The molecule has 1 aromatic carbocycles. The van der Waals surface area contributed by atoms with Crippen molar-refractivity contribution in [3.8, 4) is 5.75 Å². The Bertz CT molecular complexity index is 690. The zero-order valence-corrected chi connectivity index (χ0v) is 14.8. The second kappa shape index (κ2) is 7.11. The molecular formula is C17H24N2O4S. The lowest BCUT2D eigenvalue weighted by molar-refractivity contribution is -0.136. The van der Waals surface area contributed by atoms with Crippen LogP contribution >= 0.6 is 0 Å². The fraction of sp³-hybridized carbons (Fsp3) is 0.588. The number of benzene rings is 1. The smallest absolute Gasteiger partial charge is 0.243 e. The van der Waals surface area contributed by atoms with Crippen LogP contribution in [0.3, 0.4) is 0 Å². The van der Waals surface area contributed by atoms with Gasteiger partial charge in [-0.2, -0.15) is 4.31 Å². The summed E-state index contributed by atoms with van der Waals surface area (Å²) in [6.07, 6.45) is 4.20. The second-order valence-corrected chi connectivity index (χ2v) is 8.33. The third-order valence-electron chi connectivity index (χ3n) is 4.93. The van der Waals surface area contributed by atoms with Gasteiger partial charge < -0.3 is 9.64 Å². The van der Waals surface area contributed by atoms with E-state index in [1.807, 2.05) is 4.90 Å². The molecule has 1 saturated heterocycles. The summed E-state index contributed by atoms with van der Waals surface area (Å²) in [7, 11) is -2.03. The van der Waals surface area contributed by atoms with E-state index in [4.69, 9.17) is 4.74 Å². The Balaban J connectivity index is 1.65. The Kier molecular flexibility index (Phi) is 5.10. The van der Waals surface area contributed by atoms with Crippen molar-refractivity contribution >= 4 is 15.9 Å². The van der Waals surface area contributed by atoms with Crippen molar-refractivity contribution in [1.82, 2.24) is 9.21 Å². The number of carbonyl (C=O) groups is 1. The molecule has 0 bridgehead atoms. The number of sulfonamides is 1. The predicted octanol–water partition coefficient (Wildman–Crippen LogP) is 1.72. The first-order chi connectivity index (χ1) is 11.5. The molecule has 2 aliphatic rings. The summed E-state index contributed by atoms with van der Waals surface area (Å²) in [6.45, 7) is 1.63. The Hall–Kier alpha value is -1.60. The third kappa shape index (κ3) is 3.42. The minimum Gasteiger partial charge on any atom is -0.497 e. The lowest BCUT2D eigenvalue weighted by Gasteiger charge is -2.35. The SMILES string of the molecule is COc1cccc(S(=O)(=O)N2CCN(C(=O)C3CCCC3)CC2)c1. The molecular weight excluding hydrogens is 328 g/mol. The van der Waals surface area contributed by atoms with E-state index < -0.39 is 10.0 Å². The van der Waals surface area contributed by atoms with E-state index in [2.05, 4.69) is 0 Å². The number of rotatable bonds is 4. The standard InChI is InChI=1S/C17H24N2O4S/c1-23-15-7-4-8-16(13-15)24(21,22)19-11-9-18(10-12-19)17(20)14-5-2-3-6-14/h4,7-8,13-14H,2-3,5-6,9-12H2,1H3. The second-order valence-electron chi connectivity index (χ2n) is 6.39. The van der Waals surface area contributed by atoms with E-state index in [9.17, 15) is 13.2 Å². The van der Waals surface area contributed by atoms with E-state index in [1.54, 1.807) is 18.2 Å². The fourth-order valence-electron chi connectivity index (χ4n) is 3.49. The lowest BCUT2D eigenvalue weighted by atomic mass is 10.1. The Morgan fingerprint density at radius 3 is 2.42 bits per heavy atom. The molecule has 1 aliphatic carbocycles. The van der Waals surface area contributed by atoms with Crippen LogP contribution in [0, 0.1) is 5.92 Å². The van der Waals surface area contributed by atoms with Crippen molar-refractivity contribution < 1.29 is 17.9 Å². The lowest BCUT2D eigenvalue weighted by Crippen LogP contribution is -2.51. The van der Waals surface area contributed by atoms with Crippen molar-refractivity contribution in [2.24, 2.45) is 5.92 Å². The van der Waals surface area contributed by atoms with Crippen LogP contribution in [0.4, 0.5) is 0 Å². The summed E-state index contributed by atoms with van der Waals surface area (Å²) in [5.41, 5.74) is 0. The minimum atomic E-state index is -3.55. The molecule has 1 aliphatic heterocycles. The number of nitrogens with zero attached hydrogens (tertiary/aromatic N) is 2. The average Bonchev–Trinajstić information content (AvgIpc) is 3.16. The van der Waals surface area contributed by atoms with Crippen molar-refractivity contribution in [3.05, 3.63) is 24.3 Å². The van der Waals surface area contributed by atoms with E-state index in [-0.39, 0.29) is 16.7 Å². The van der Waals surface area contributed by atoms with Crippen LogP contribution in [0.5, 0.6) is 5.75 Å². The first kappa shape index (κ1) is 17.2. The van der Waals surface area contributed by atoms with Crippen molar-refractivity contribution in [2.45, 2.75) is 30.6 Å². The molecule has 0 aromatic heterocycles.